The number of alkyl halides is 4. The summed E-state index contributed by atoms with van der Waals surface area (Å²) in [6.07, 6.45) is -1.45. The van der Waals surface area contributed by atoms with Crippen LogP contribution in [0.4, 0.5) is 22.0 Å². The van der Waals surface area contributed by atoms with E-state index in [0.29, 0.717) is 30.8 Å². The van der Waals surface area contributed by atoms with Gasteiger partial charge in [-0.2, -0.15) is 13.2 Å². The highest BCUT2D eigenvalue weighted by Gasteiger charge is 2.38. The molecule has 6 heteroatoms. The Balaban J connectivity index is 1.53. The summed E-state index contributed by atoms with van der Waals surface area (Å²) >= 11 is 0. The molecule has 2 aliphatic rings. The molecule has 3 aromatic rings. The van der Waals surface area contributed by atoms with Gasteiger partial charge in [0, 0.05) is 19.6 Å². The van der Waals surface area contributed by atoms with Gasteiger partial charge in [0.15, 0.2) is 0 Å². The highest BCUT2D eigenvalue weighted by molar-refractivity contribution is 6.00. The average Bonchev–Trinajstić information content (AvgIpc) is 3.04. The Morgan fingerprint density at radius 2 is 1.57 bits per heavy atom. The fourth-order valence-corrected chi connectivity index (χ4v) is 5.80. The largest absolute Gasteiger partial charge is 0.419 e. The third kappa shape index (κ3) is 5.49. The number of hydrogen-bond acceptors (Lipinski definition) is 1. The van der Waals surface area contributed by atoms with Crippen LogP contribution in [0.25, 0.3) is 11.1 Å². The molecule has 0 bridgehead atoms. The number of halogens is 5. The molecule has 0 radical (unpaired) electrons. The molecule has 0 amide bonds. The number of rotatable bonds is 7. The zero-order chi connectivity index (χ0) is 26.0. The van der Waals surface area contributed by atoms with Crippen molar-refractivity contribution in [3.8, 4) is 0 Å². The zero-order valence-corrected chi connectivity index (χ0v) is 20.6. The number of aryl methyl sites for hydroxylation is 1. The Hall–Kier alpha value is -2.99. The number of fused-ring (bicyclic) bond motifs is 1. The Labute approximate surface area is 214 Å². The van der Waals surface area contributed by atoms with E-state index in [2.05, 4.69) is 4.90 Å². The van der Waals surface area contributed by atoms with Crippen molar-refractivity contribution in [3.05, 3.63) is 106 Å². The predicted octanol–water partition coefficient (Wildman–Crippen LogP) is 7.97. The van der Waals surface area contributed by atoms with Crippen molar-refractivity contribution in [1.82, 2.24) is 4.90 Å². The van der Waals surface area contributed by atoms with Crippen LogP contribution in [-0.4, -0.2) is 31.2 Å². The molecule has 1 heterocycles. The smallest absolute Gasteiger partial charge is 0.303 e. The van der Waals surface area contributed by atoms with Gasteiger partial charge < -0.3 is 4.90 Å². The summed E-state index contributed by atoms with van der Waals surface area (Å²) in [5.74, 6) is -0.716. The van der Waals surface area contributed by atoms with Gasteiger partial charge in [0.05, 0.1) is 12.2 Å². The molecule has 5 rings (SSSR count). The van der Waals surface area contributed by atoms with Gasteiger partial charge in [-0.25, -0.2) is 4.39 Å². The number of hydrogen-bond donors (Lipinski definition) is 0. The first kappa shape index (κ1) is 25.7. The van der Waals surface area contributed by atoms with Crippen molar-refractivity contribution >= 4 is 11.1 Å². The van der Waals surface area contributed by atoms with Gasteiger partial charge in [-0.3, -0.25) is 4.39 Å². The van der Waals surface area contributed by atoms with Crippen LogP contribution in [0.15, 0.2) is 66.7 Å². The van der Waals surface area contributed by atoms with E-state index in [1.807, 2.05) is 48.5 Å². The Bertz CT molecular complexity index is 1270. The van der Waals surface area contributed by atoms with Crippen LogP contribution in [0.1, 0.15) is 52.6 Å². The molecule has 1 aliphatic carbocycles. The molecule has 0 N–H and O–H groups in total. The topological polar surface area (TPSA) is 3.24 Å². The van der Waals surface area contributed by atoms with Gasteiger partial charge in [-0.1, -0.05) is 60.7 Å². The lowest BCUT2D eigenvalue weighted by Gasteiger charge is -2.39. The van der Waals surface area contributed by atoms with Gasteiger partial charge in [0.1, 0.15) is 5.82 Å². The lowest BCUT2D eigenvalue weighted by atomic mass is 9.85. The van der Waals surface area contributed by atoms with Gasteiger partial charge in [0.25, 0.3) is 0 Å². The summed E-state index contributed by atoms with van der Waals surface area (Å²) in [5, 5.41) is 0. The Morgan fingerprint density at radius 3 is 2.30 bits per heavy atom. The molecule has 0 saturated carbocycles. The molecule has 0 unspecified atom stereocenters. The molecule has 3 aromatic carbocycles. The molecular weight excluding hydrogens is 481 g/mol. The molecule has 194 valence electrons. The summed E-state index contributed by atoms with van der Waals surface area (Å²) in [7, 11) is 0. The summed E-state index contributed by atoms with van der Waals surface area (Å²) in [4.78, 5) is 2.26. The summed E-state index contributed by atoms with van der Waals surface area (Å²) < 4.78 is 69.0. The molecule has 37 heavy (non-hydrogen) atoms. The normalized spacial score (nSPS) is 16.9. The van der Waals surface area contributed by atoms with Crippen LogP contribution in [0.2, 0.25) is 0 Å². The second kappa shape index (κ2) is 10.8. The minimum atomic E-state index is -4.80. The van der Waals surface area contributed by atoms with Crippen molar-refractivity contribution in [2.75, 3.05) is 26.3 Å². The lowest BCUT2D eigenvalue weighted by molar-refractivity contribution is -0.140. The van der Waals surface area contributed by atoms with Gasteiger partial charge >= 0.3 is 6.18 Å². The second-order valence-corrected chi connectivity index (χ2v) is 10.1. The maximum atomic E-state index is 14.6. The van der Waals surface area contributed by atoms with Crippen LogP contribution in [0.3, 0.4) is 0 Å². The monoisotopic (exact) mass is 511 g/mol. The van der Waals surface area contributed by atoms with E-state index in [0.717, 1.165) is 60.8 Å². The number of likely N-dealkylation sites (tertiary alicyclic amines) is 1. The maximum absolute atomic E-state index is 14.6. The van der Waals surface area contributed by atoms with Crippen molar-refractivity contribution in [1.29, 1.82) is 0 Å². The quantitative estimate of drug-likeness (QED) is 0.291. The highest BCUT2D eigenvalue weighted by atomic mass is 19.4. The van der Waals surface area contributed by atoms with E-state index in [1.165, 1.54) is 17.7 Å². The molecule has 0 aromatic heterocycles. The van der Waals surface area contributed by atoms with Crippen molar-refractivity contribution in [3.63, 3.8) is 0 Å². The number of allylic oxidation sites excluding steroid dienone is 1. The molecular formula is C31H30F5N. The molecule has 1 fully saturated rings. The van der Waals surface area contributed by atoms with Crippen LogP contribution >= 0.6 is 0 Å². The van der Waals surface area contributed by atoms with Gasteiger partial charge in [-0.15, -0.1) is 0 Å². The summed E-state index contributed by atoms with van der Waals surface area (Å²) in [5.41, 5.74) is 4.01. The first-order chi connectivity index (χ1) is 17.8. The second-order valence-electron chi connectivity index (χ2n) is 10.1. The van der Waals surface area contributed by atoms with Gasteiger partial charge in [0.2, 0.25) is 0 Å². The van der Waals surface area contributed by atoms with Crippen molar-refractivity contribution in [2.45, 2.75) is 38.3 Å². The minimum Gasteiger partial charge on any atom is -0.303 e. The van der Waals surface area contributed by atoms with Crippen molar-refractivity contribution in [2.24, 2.45) is 5.92 Å². The summed E-state index contributed by atoms with van der Waals surface area (Å²) in [6, 6.07) is 19.5. The SMILES string of the molecule is FCCCN1CC(Cc2ccc(C3=C(c4cccc(F)c4C(F)(F)F)CCCc4ccccc43)cc2)C1. The average molecular weight is 512 g/mol. The molecule has 0 spiro atoms. The van der Waals surface area contributed by atoms with E-state index >= 15 is 0 Å². The molecule has 1 nitrogen and oxygen atoms in total. The molecule has 1 aliphatic heterocycles. The first-order valence-electron chi connectivity index (χ1n) is 12.9. The first-order valence-corrected chi connectivity index (χ1v) is 12.9. The Kier molecular flexibility index (Phi) is 7.47. The van der Waals surface area contributed by atoms with E-state index < -0.39 is 17.6 Å². The fourth-order valence-electron chi connectivity index (χ4n) is 5.80. The summed E-state index contributed by atoms with van der Waals surface area (Å²) in [6.45, 7) is 2.43. The van der Waals surface area contributed by atoms with Crippen LogP contribution < -0.4 is 0 Å². The van der Waals surface area contributed by atoms with Crippen LogP contribution in [-0.2, 0) is 19.0 Å². The fraction of sp³-hybridized carbons (Fsp3) is 0.355. The van der Waals surface area contributed by atoms with Crippen LogP contribution in [0.5, 0.6) is 0 Å². The van der Waals surface area contributed by atoms with Gasteiger partial charge in [-0.05, 0) is 83.1 Å². The van der Waals surface area contributed by atoms with E-state index in [4.69, 9.17) is 0 Å². The zero-order valence-electron chi connectivity index (χ0n) is 20.6. The van der Waals surface area contributed by atoms with Crippen LogP contribution in [0, 0.1) is 11.7 Å². The minimum absolute atomic E-state index is 0.0777. The standard InChI is InChI=1S/C31H30F5N/c32-16-5-17-37-19-22(20-37)18-21-12-14-24(15-13-21)29-25-8-2-1-6-23(25)7-3-9-26(29)27-10-4-11-28(33)30(27)31(34,35)36/h1-2,4,6,8,10-15,22H,3,5,7,9,16-20H2. The van der Waals surface area contributed by atoms with E-state index in [1.54, 1.807) is 0 Å². The third-order valence-electron chi connectivity index (χ3n) is 7.49. The number of nitrogens with zero attached hydrogens (tertiary/aromatic N) is 1. The van der Waals surface area contributed by atoms with E-state index in [-0.39, 0.29) is 12.2 Å². The van der Waals surface area contributed by atoms with Crippen molar-refractivity contribution < 1.29 is 22.0 Å². The molecule has 1 saturated heterocycles. The lowest BCUT2D eigenvalue weighted by Crippen LogP contribution is -2.47. The van der Waals surface area contributed by atoms with E-state index in [9.17, 15) is 22.0 Å². The molecule has 0 atom stereocenters. The third-order valence-corrected chi connectivity index (χ3v) is 7.49. The number of benzene rings is 3. The maximum Gasteiger partial charge on any atom is 0.419 e. The Morgan fingerprint density at radius 1 is 0.838 bits per heavy atom. The predicted molar refractivity (Wildman–Crippen MR) is 137 cm³/mol. The highest BCUT2D eigenvalue weighted by Crippen LogP contribution is 2.44.